The molecule has 1 aromatic carbocycles. The molecule has 2 rings (SSSR count). The van der Waals surface area contributed by atoms with E-state index in [2.05, 4.69) is 37.3 Å². The highest BCUT2D eigenvalue weighted by Gasteiger charge is 2.25. The highest BCUT2D eigenvalue weighted by molar-refractivity contribution is 5.67. The zero-order valence-electron chi connectivity index (χ0n) is 10.6. The zero-order chi connectivity index (χ0) is 12.3. The number of rotatable bonds is 3. The van der Waals surface area contributed by atoms with E-state index in [1.165, 1.54) is 16.7 Å². The SMILES string of the molecule is CCC1(N)CC=C(c2cccc(CN)c2)CC1. The van der Waals surface area contributed by atoms with Crippen LogP contribution in [0, 0.1) is 0 Å². The molecular formula is C15H22N2. The molecule has 0 saturated carbocycles. The second kappa shape index (κ2) is 5.03. The first-order valence-electron chi connectivity index (χ1n) is 6.44. The number of hydrogen-bond acceptors (Lipinski definition) is 2. The lowest BCUT2D eigenvalue weighted by Crippen LogP contribution is -2.39. The normalized spacial score (nSPS) is 24.5. The fourth-order valence-corrected chi connectivity index (χ4v) is 2.40. The number of benzene rings is 1. The lowest BCUT2D eigenvalue weighted by Gasteiger charge is -2.31. The summed E-state index contributed by atoms with van der Waals surface area (Å²) in [5.41, 5.74) is 15.9. The van der Waals surface area contributed by atoms with Crippen LogP contribution in [0.4, 0.5) is 0 Å². The van der Waals surface area contributed by atoms with Crippen molar-refractivity contribution in [2.75, 3.05) is 0 Å². The summed E-state index contributed by atoms with van der Waals surface area (Å²) >= 11 is 0. The number of allylic oxidation sites excluding steroid dienone is 1. The fraction of sp³-hybridized carbons (Fsp3) is 0.467. The molecule has 1 aliphatic carbocycles. The Morgan fingerprint density at radius 3 is 2.76 bits per heavy atom. The van der Waals surface area contributed by atoms with Crippen LogP contribution < -0.4 is 11.5 Å². The van der Waals surface area contributed by atoms with Crippen molar-refractivity contribution in [2.45, 2.75) is 44.7 Å². The van der Waals surface area contributed by atoms with Crippen LogP contribution in [0.15, 0.2) is 30.3 Å². The van der Waals surface area contributed by atoms with Gasteiger partial charge in [-0.1, -0.05) is 37.3 Å². The van der Waals surface area contributed by atoms with E-state index in [1.807, 2.05) is 0 Å². The van der Waals surface area contributed by atoms with Crippen LogP contribution in [0.3, 0.4) is 0 Å². The number of nitrogens with two attached hydrogens (primary N) is 2. The average molecular weight is 230 g/mol. The fourth-order valence-electron chi connectivity index (χ4n) is 2.40. The molecule has 17 heavy (non-hydrogen) atoms. The molecule has 0 aromatic heterocycles. The lowest BCUT2D eigenvalue weighted by molar-refractivity contribution is 0.379. The maximum absolute atomic E-state index is 6.29. The van der Waals surface area contributed by atoms with Crippen LogP contribution >= 0.6 is 0 Å². The Labute approximate surface area is 104 Å². The topological polar surface area (TPSA) is 52.0 Å². The summed E-state index contributed by atoms with van der Waals surface area (Å²) in [5, 5.41) is 0. The van der Waals surface area contributed by atoms with Gasteiger partial charge in [0.1, 0.15) is 0 Å². The van der Waals surface area contributed by atoms with E-state index in [0.29, 0.717) is 6.54 Å². The van der Waals surface area contributed by atoms with E-state index in [0.717, 1.165) is 25.7 Å². The van der Waals surface area contributed by atoms with Crippen LogP contribution in [0.25, 0.3) is 5.57 Å². The van der Waals surface area contributed by atoms with Crippen LogP contribution in [-0.2, 0) is 6.54 Å². The van der Waals surface area contributed by atoms with Crippen molar-refractivity contribution < 1.29 is 0 Å². The van der Waals surface area contributed by atoms with Crippen molar-refractivity contribution in [3.8, 4) is 0 Å². The minimum absolute atomic E-state index is 0.0228. The van der Waals surface area contributed by atoms with Gasteiger partial charge in [0.05, 0.1) is 0 Å². The van der Waals surface area contributed by atoms with E-state index in [4.69, 9.17) is 11.5 Å². The van der Waals surface area contributed by atoms with Crippen LogP contribution in [0.2, 0.25) is 0 Å². The van der Waals surface area contributed by atoms with Crippen molar-refractivity contribution >= 4 is 5.57 Å². The summed E-state index contributed by atoms with van der Waals surface area (Å²) in [6.45, 7) is 2.78. The predicted octanol–water partition coefficient (Wildman–Crippen LogP) is 2.82. The first-order valence-corrected chi connectivity index (χ1v) is 6.44. The van der Waals surface area contributed by atoms with Crippen molar-refractivity contribution in [1.82, 2.24) is 0 Å². The molecule has 2 nitrogen and oxygen atoms in total. The largest absolute Gasteiger partial charge is 0.326 e. The van der Waals surface area contributed by atoms with E-state index in [9.17, 15) is 0 Å². The molecule has 0 aliphatic heterocycles. The molecule has 92 valence electrons. The Kier molecular flexibility index (Phi) is 3.65. The van der Waals surface area contributed by atoms with Gasteiger partial charge in [0.25, 0.3) is 0 Å². The molecule has 1 aliphatic rings. The van der Waals surface area contributed by atoms with Gasteiger partial charge >= 0.3 is 0 Å². The summed E-state index contributed by atoms with van der Waals surface area (Å²) in [7, 11) is 0. The Morgan fingerprint density at radius 2 is 2.18 bits per heavy atom. The Morgan fingerprint density at radius 1 is 1.35 bits per heavy atom. The molecule has 0 saturated heterocycles. The third-order valence-electron chi connectivity index (χ3n) is 3.88. The molecule has 1 atom stereocenters. The number of hydrogen-bond donors (Lipinski definition) is 2. The second-order valence-corrected chi connectivity index (χ2v) is 5.05. The van der Waals surface area contributed by atoms with Gasteiger partial charge in [0.15, 0.2) is 0 Å². The van der Waals surface area contributed by atoms with Crippen molar-refractivity contribution in [2.24, 2.45) is 11.5 Å². The Balaban J connectivity index is 2.19. The van der Waals surface area contributed by atoms with Gasteiger partial charge in [-0.3, -0.25) is 0 Å². The molecule has 4 N–H and O–H groups in total. The highest BCUT2D eigenvalue weighted by Crippen LogP contribution is 2.33. The minimum atomic E-state index is 0.0228. The maximum Gasteiger partial charge on any atom is 0.0189 e. The van der Waals surface area contributed by atoms with Crippen LogP contribution in [-0.4, -0.2) is 5.54 Å². The molecule has 0 fully saturated rings. The smallest absolute Gasteiger partial charge is 0.0189 e. The first-order chi connectivity index (χ1) is 8.17. The molecule has 0 bridgehead atoms. The molecule has 2 heteroatoms. The van der Waals surface area contributed by atoms with Crippen LogP contribution in [0.5, 0.6) is 0 Å². The van der Waals surface area contributed by atoms with Gasteiger partial charge in [-0.25, -0.2) is 0 Å². The van der Waals surface area contributed by atoms with Crippen LogP contribution in [0.1, 0.15) is 43.7 Å². The highest BCUT2D eigenvalue weighted by atomic mass is 14.7. The summed E-state index contributed by atoms with van der Waals surface area (Å²) in [4.78, 5) is 0. The van der Waals surface area contributed by atoms with Crippen molar-refractivity contribution in [3.63, 3.8) is 0 Å². The van der Waals surface area contributed by atoms with Crippen molar-refractivity contribution in [3.05, 3.63) is 41.5 Å². The summed E-state index contributed by atoms with van der Waals surface area (Å²) in [6, 6.07) is 8.52. The Bertz CT molecular complexity index is 423. The molecule has 0 spiro atoms. The maximum atomic E-state index is 6.29. The standard InChI is InChI=1S/C15H22N2/c1-2-15(17)8-6-13(7-9-15)14-5-3-4-12(10-14)11-16/h3-6,10H,2,7-9,11,16-17H2,1H3. The minimum Gasteiger partial charge on any atom is -0.326 e. The van der Waals surface area contributed by atoms with Crippen molar-refractivity contribution in [1.29, 1.82) is 0 Å². The monoisotopic (exact) mass is 230 g/mol. The summed E-state index contributed by atoms with van der Waals surface area (Å²) in [5.74, 6) is 0. The Hall–Kier alpha value is -1.12. The molecule has 0 heterocycles. The van der Waals surface area contributed by atoms with E-state index in [-0.39, 0.29) is 5.54 Å². The predicted molar refractivity (Wildman–Crippen MR) is 73.4 cm³/mol. The van der Waals surface area contributed by atoms with E-state index < -0.39 is 0 Å². The third-order valence-corrected chi connectivity index (χ3v) is 3.88. The molecule has 0 amide bonds. The summed E-state index contributed by atoms with van der Waals surface area (Å²) < 4.78 is 0. The molecular weight excluding hydrogens is 208 g/mol. The van der Waals surface area contributed by atoms with E-state index in [1.54, 1.807) is 0 Å². The molecule has 1 unspecified atom stereocenters. The van der Waals surface area contributed by atoms with Gasteiger partial charge in [-0.15, -0.1) is 0 Å². The molecule has 0 radical (unpaired) electrons. The summed E-state index contributed by atoms with van der Waals surface area (Å²) in [6.07, 6.45) is 6.52. The lowest BCUT2D eigenvalue weighted by atomic mass is 9.79. The van der Waals surface area contributed by atoms with Gasteiger partial charge in [0.2, 0.25) is 0 Å². The van der Waals surface area contributed by atoms with Gasteiger partial charge in [0, 0.05) is 12.1 Å². The third kappa shape index (κ3) is 2.76. The zero-order valence-corrected chi connectivity index (χ0v) is 10.6. The quantitative estimate of drug-likeness (QED) is 0.839. The molecule has 1 aromatic rings. The first kappa shape index (κ1) is 12.3. The second-order valence-electron chi connectivity index (χ2n) is 5.05. The van der Waals surface area contributed by atoms with Gasteiger partial charge < -0.3 is 11.5 Å². The van der Waals surface area contributed by atoms with Gasteiger partial charge in [-0.2, -0.15) is 0 Å². The average Bonchev–Trinajstić information content (AvgIpc) is 2.40. The van der Waals surface area contributed by atoms with E-state index >= 15 is 0 Å². The van der Waals surface area contributed by atoms with Gasteiger partial charge in [-0.05, 0) is 42.4 Å².